The molecule has 1 atom stereocenters. The van der Waals surface area contributed by atoms with Crippen LogP contribution >= 0.6 is 0 Å². The summed E-state index contributed by atoms with van der Waals surface area (Å²) in [6.07, 6.45) is 2.55. The summed E-state index contributed by atoms with van der Waals surface area (Å²) < 4.78 is 17.5. The Labute approximate surface area is 125 Å². The first-order valence-corrected chi connectivity index (χ1v) is 7.61. The lowest BCUT2D eigenvalue weighted by atomic mass is 9.99. The van der Waals surface area contributed by atoms with E-state index in [1.54, 1.807) is 0 Å². The maximum Gasteiger partial charge on any atom is 0.194 e. The van der Waals surface area contributed by atoms with Gasteiger partial charge in [-0.2, -0.15) is 0 Å². The number of hydrogen-bond donors (Lipinski definition) is 0. The summed E-state index contributed by atoms with van der Waals surface area (Å²) in [7, 11) is 0. The van der Waals surface area contributed by atoms with E-state index in [4.69, 9.17) is 14.2 Å². The molecule has 1 heterocycles. The summed E-state index contributed by atoms with van der Waals surface area (Å²) in [5, 5.41) is 2.37. The van der Waals surface area contributed by atoms with Gasteiger partial charge in [-0.3, -0.25) is 0 Å². The highest BCUT2D eigenvalue weighted by atomic mass is 16.7. The molecule has 0 N–H and O–H groups in total. The summed E-state index contributed by atoms with van der Waals surface area (Å²) in [6.45, 7) is 3.99. The lowest BCUT2D eigenvalue weighted by molar-refractivity contribution is -0.199. The van der Waals surface area contributed by atoms with Gasteiger partial charge in [0.2, 0.25) is 0 Å². The molecule has 3 rings (SSSR count). The Morgan fingerprint density at radius 3 is 2.86 bits per heavy atom. The number of fused-ring (bicyclic) bond motifs is 1. The highest BCUT2D eigenvalue weighted by Gasteiger charge is 2.31. The monoisotopic (exact) mass is 285 g/mol. The van der Waals surface area contributed by atoms with Crippen LogP contribution in [0.1, 0.15) is 25.3 Å². The van der Waals surface area contributed by atoms with Gasteiger partial charge in [0.1, 0.15) is 0 Å². The van der Waals surface area contributed by atoms with Gasteiger partial charge >= 0.3 is 0 Å². The average molecular weight is 285 g/mol. The maximum absolute atomic E-state index is 5.88. The van der Waals surface area contributed by atoms with Crippen LogP contribution in [0.15, 0.2) is 42.5 Å². The molecule has 2 aromatic carbocycles. The fourth-order valence-corrected chi connectivity index (χ4v) is 2.55. The lowest BCUT2D eigenvalue weighted by Gasteiger charge is -2.31. The Kier molecular flexibility index (Phi) is 4.86. The van der Waals surface area contributed by atoms with Gasteiger partial charge in [0.25, 0.3) is 0 Å². The van der Waals surface area contributed by atoms with E-state index in [1.165, 1.54) is 10.8 Å². The van der Waals surface area contributed by atoms with Crippen LogP contribution < -0.4 is 0 Å². The van der Waals surface area contributed by atoms with Gasteiger partial charge in [0, 0.05) is 12.2 Å². The van der Waals surface area contributed by atoms with Gasteiger partial charge in [-0.25, -0.2) is 0 Å². The Morgan fingerprint density at radius 1 is 1.10 bits per heavy atom. The molecule has 1 unspecified atom stereocenters. The van der Waals surface area contributed by atoms with Crippen molar-refractivity contribution in [2.45, 2.75) is 26.1 Å². The standard InChI is InChI=1S/C18H21O3/c1-2-3-11-20-18-17(19-12-13-21-18)16-10-6-8-14-7-4-5-9-15(14)16/h4-10,18H,2-3,11-13H2,1H3. The van der Waals surface area contributed by atoms with Crippen LogP contribution in [0.25, 0.3) is 10.8 Å². The normalized spacial score (nSPS) is 20.0. The second-order valence-electron chi connectivity index (χ2n) is 5.17. The van der Waals surface area contributed by atoms with Gasteiger partial charge in [0.05, 0.1) is 13.2 Å². The summed E-state index contributed by atoms with van der Waals surface area (Å²) in [6, 6.07) is 14.5. The van der Waals surface area contributed by atoms with Crippen LogP contribution in [-0.2, 0) is 14.2 Å². The summed E-state index contributed by atoms with van der Waals surface area (Å²) in [4.78, 5) is 0. The Hall–Kier alpha value is -1.42. The lowest BCUT2D eigenvalue weighted by Crippen LogP contribution is -2.35. The van der Waals surface area contributed by atoms with E-state index in [9.17, 15) is 0 Å². The molecule has 0 saturated carbocycles. The molecule has 0 spiro atoms. The summed E-state index contributed by atoms with van der Waals surface area (Å²) in [5.41, 5.74) is 1.06. The topological polar surface area (TPSA) is 27.7 Å². The Balaban J connectivity index is 1.87. The molecule has 1 fully saturated rings. The number of unbranched alkanes of at least 4 members (excludes halogenated alkanes) is 1. The van der Waals surface area contributed by atoms with Gasteiger partial charge < -0.3 is 14.2 Å². The van der Waals surface area contributed by atoms with Crippen molar-refractivity contribution in [3.05, 3.63) is 54.1 Å². The number of benzene rings is 2. The van der Waals surface area contributed by atoms with E-state index in [0.717, 1.165) is 24.5 Å². The number of ether oxygens (including phenoxy) is 3. The molecule has 0 amide bonds. The zero-order valence-corrected chi connectivity index (χ0v) is 12.4. The van der Waals surface area contributed by atoms with Gasteiger partial charge in [0.15, 0.2) is 12.4 Å². The largest absolute Gasteiger partial charge is 0.359 e. The highest BCUT2D eigenvalue weighted by molar-refractivity contribution is 5.87. The second kappa shape index (κ2) is 7.03. The van der Waals surface area contributed by atoms with E-state index in [-0.39, 0.29) is 0 Å². The fourth-order valence-electron chi connectivity index (χ4n) is 2.55. The van der Waals surface area contributed by atoms with Crippen molar-refractivity contribution in [3.8, 4) is 0 Å². The molecule has 1 aliphatic rings. The molecule has 0 bridgehead atoms. The van der Waals surface area contributed by atoms with Gasteiger partial charge in [-0.1, -0.05) is 55.8 Å². The molecule has 1 saturated heterocycles. The Bertz CT molecular complexity index is 576. The third-order valence-electron chi connectivity index (χ3n) is 3.65. The van der Waals surface area contributed by atoms with Gasteiger partial charge in [-0.15, -0.1) is 0 Å². The van der Waals surface area contributed by atoms with Crippen LogP contribution in [0.4, 0.5) is 0 Å². The molecule has 3 heteroatoms. The fraction of sp³-hybridized carbons (Fsp3) is 0.389. The highest BCUT2D eigenvalue weighted by Crippen LogP contribution is 2.31. The SMILES string of the molecule is CCCCOC1OCCO[C]1c1cccc2ccccc12. The van der Waals surface area contributed by atoms with E-state index in [2.05, 4.69) is 31.2 Å². The van der Waals surface area contributed by atoms with Crippen molar-refractivity contribution in [2.75, 3.05) is 19.8 Å². The van der Waals surface area contributed by atoms with Crippen LogP contribution in [0.2, 0.25) is 0 Å². The molecule has 0 aromatic heterocycles. The predicted molar refractivity (Wildman–Crippen MR) is 82.8 cm³/mol. The quantitative estimate of drug-likeness (QED) is 0.780. The summed E-state index contributed by atoms with van der Waals surface area (Å²) >= 11 is 0. The van der Waals surface area contributed by atoms with E-state index in [0.29, 0.717) is 19.8 Å². The minimum atomic E-state index is -0.392. The van der Waals surface area contributed by atoms with Crippen molar-refractivity contribution in [1.82, 2.24) is 0 Å². The van der Waals surface area contributed by atoms with Crippen molar-refractivity contribution in [2.24, 2.45) is 0 Å². The van der Waals surface area contributed by atoms with E-state index < -0.39 is 6.29 Å². The minimum Gasteiger partial charge on any atom is -0.359 e. The first kappa shape index (κ1) is 14.5. The van der Waals surface area contributed by atoms with Crippen molar-refractivity contribution in [3.63, 3.8) is 0 Å². The van der Waals surface area contributed by atoms with Crippen LogP contribution in [0.3, 0.4) is 0 Å². The van der Waals surface area contributed by atoms with Crippen LogP contribution in [0.5, 0.6) is 0 Å². The van der Waals surface area contributed by atoms with Crippen molar-refractivity contribution in [1.29, 1.82) is 0 Å². The molecule has 2 aromatic rings. The first-order valence-electron chi connectivity index (χ1n) is 7.61. The third kappa shape index (κ3) is 3.26. The van der Waals surface area contributed by atoms with Crippen LogP contribution in [0, 0.1) is 6.10 Å². The van der Waals surface area contributed by atoms with Crippen molar-refractivity contribution < 1.29 is 14.2 Å². The zero-order valence-electron chi connectivity index (χ0n) is 12.4. The van der Waals surface area contributed by atoms with E-state index >= 15 is 0 Å². The summed E-state index contributed by atoms with van der Waals surface area (Å²) in [5.74, 6) is 0. The zero-order chi connectivity index (χ0) is 14.5. The molecule has 111 valence electrons. The predicted octanol–water partition coefficient (Wildman–Crippen LogP) is 3.91. The average Bonchev–Trinajstić information content (AvgIpc) is 2.55. The van der Waals surface area contributed by atoms with E-state index in [1.807, 2.05) is 18.2 Å². The second-order valence-corrected chi connectivity index (χ2v) is 5.17. The smallest absolute Gasteiger partial charge is 0.194 e. The third-order valence-corrected chi connectivity index (χ3v) is 3.65. The molecule has 21 heavy (non-hydrogen) atoms. The van der Waals surface area contributed by atoms with Crippen molar-refractivity contribution >= 4 is 10.8 Å². The molecule has 1 radical (unpaired) electrons. The molecule has 1 aliphatic heterocycles. The minimum absolute atomic E-state index is 0.392. The maximum atomic E-state index is 5.88. The molecule has 0 aliphatic carbocycles. The molecule has 3 nitrogen and oxygen atoms in total. The Morgan fingerprint density at radius 2 is 1.95 bits per heavy atom. The van der Waals surface area contributed by atoms with Crippen LogP contribution in [-0.4, -0.2) is 26.1 Å². The van der Waals surface area contributed by atoms with Gasteiger partial charge in [-0.05, 0) is 17.2 Å². The number of hydrogen-bond acceptors (Lipinski definition) is 3. The molecular formula is C18H21O3. The number of rotatable bonds is 5. The first-order chi connectivity index (χ1) is 10.4. The molecular weight excluding hydrogens is 264 g/mol.